The Morgan fingerprint density at radius 1 is 0.561 bits per heavy atom. The minimum absolute atomic E-state index is 0.242. The first-order chi connectivity index (χ1) is 19.5. The van der Waals surface area contributed by atoms with Gasteiger partial charge in [0.1, 0.15) is 11.5 Å². The summed E-state index contributed by atoms with van der Waals surface area (Å²) >= 11 is 0. The molecule has 0 radical (unpaired) electrons. The maximum Gasteiger partial charge on any atom is 0.129 e. The maximum atomic E-state index is 11.1. The summed E-state index contributed by atoms with van der Waals surface area (Å²) in [5.74, 6) is 1.55. The third kappa shape index (κ3) is 6.66. The predicted molar refractivity (Wildman–Crippen MR) is 169 cm³/mol. The highest BCUT2D eigenvalue weighted by molar-refractivity contribution is 5.79. The Morgan fingerprint density at radius 2 is 0.902 bits per heavy atom. The van der Waals surface area contributed by atoms with Gasteiger partial charge in [-0.2, -0.15) is 0 Å². The lowest BCUT2D eigenvalue weighted by Crippen LogP contribution is -2.22. The molecule has 4 heteroatoms. The van der Waals surface area contributed by atoms with Gasteiger partial charge in [-0.15, -0.1) is 0 Å². The van der Waals surface area contributed by atoms with Crippen LogP contribution in [0.1, 0.15) is 50.9 Å². The number of methoxy groups -OCH3 is 2. The maximum absolute atomic E-state index is 11.1. The quantitative estimate of drug-likeness (QED) is 0.211. The molecule has 0 fully saturated rings. The number of benzene rings is 4. The summed E-state index contributed by atoms with van der Waals surface area (Å²) in [4.78, 5) is 0. The van der Waals surface area contributed by atoms with Gasteiger partial charge in [0.15, 0.2) is 0 Å². The van der Waals surface area contributed by atoms with Crippen molar-refractivity contribution in [3.63, 3.8) is 0 Å². The fraction of sp³-hybridized carbons (Fsp3) is 0.351. The SMILES string of the molecule is COc1c(C[C@@H](O)C[C@H](O)Cc2cccc(-c3c(C)cc(C)cc3C)c2OC)cccc1-c1c(C)cc(C)cc1C. The van der Waals surface area contributed by atoms with Crippen LogP contribution in [0.15, 0.2) is 60.7 Å². The number of para-hydroxylation sites is 2. The number of aliphatic hydroxyl groups excluding tert-OH is 2. The third-order valence-corrected chi connectivity index (χ3v) is 7.95. The van der Waals surface area contributed by atoms with Gasteiger partial charge in [0, 0.05) is 24.0 Å². The van der Waals surface area contributed by atoms with E-state index >= 15 is 0 Å². The highest BCUT2D eigenvalue weighted by Gasteiger charge is 2.21. The van der Waals surface area contributed by atoms with Crippen LogP contribution in [0.2, 0.25) is 0 Å². The van der Waals surface area contributed by atoms with E-state index in [1.54, 1.807) is 14.2 Å². The Morgan fingerprint density at radius 3 is 1.22 bits per heavy atom. The van der Waals surface area contributed by atoms with E-state index in [9.17, 15) is 10.2 Å². The fourth-order valence-electron chi connectivity index (χ4n) is 6.57. The van der Waals surface area contributed by atoms with Crippen LogP contribution in [0.4, 0.5) is 0 Å². The molecule has 0 aliphatic rings. The molecule has 4 aromatic rings. The topological polar surface area (TPSA) is 58.9 Å². The van der Waals surface area contributed by atoms with Crippen LogP contribution in [-0.2, 0) is 12.8 Å². The summed E-state index contributed by atoms with van der Waals surface area (Å²) in [5.41, 5.74) is 13.5. The second-order valence-corrected chi connectivity index (χ2v) is 11.5. The predicted octanol–water partition coefficient (Wildman–Crippen LogP) is 7.79. The molecule has 0 bridgehead atoms. The Kier molecular flexibility index (Phi) is 9.57. The van der Waals surface area contributed by atoms with Gasteiger partial charge in [-0.3, -0.25) is 0 Å². The molecule has 0 aromatic heterocycles. The van der Waals surface area contributed by atoms with Crippen molar-refractivity contribution in [2.24, 2.45) is 0 Å². The number of rotatable bonds is 10. The van der Waals surface area contributed by atoms with Crippen molar-refractivity contribution in [2.45, 2.75) is 73.0 Å². The van der Waals surface area contributed by atoms with Crippen LogP contribution in [0.25, 0.3) is 22.3 Å². The Bertz CT molecular complexity index is 1370. The van der Waals surface area contributed by atoms with Gasteiger partial charge < -0.3 is 19.7 Å². The molecule has 0 amide bonds. The summed E-state index contributed by atoms with van der Waals surface area (Å²) in [6.45, 7) is 12.7. The molecule has 0 saturated carbocycles. The van der Waals surface area contributed by atoms with Crippen molar-refractivity contribution in [1.29, 1.82) is 0 Å². The van der Waals surface area contributed by atoms with Gasteiger partial charge in [0.25, 0.3) is 0 Å². The van der Waals surface area contributed by atoms with Gasteiger partial charge in [-0.1, -0.05) is 71.8 Å². The van der Waals surface area contributed by atoms with Crippen LogP contribution in [0.3, 0.4) is 0 Å². The Labute approximate surface area is 245 Å². The lowest BCUT2D eigenvalue weighted by Gasteiger charge is -2.21. The van der Waals surface area contributed by atoms with Crippen LogP contribution >= 0.6 is 0 Å². The number of hydrogen-bond acceptors (Lipinski definition) is 4. The minimum atomic E-state index is -0.731. The summed E-state index contributed by atoms with van der Waals surface area (Å²) in [7, 11) is 3.36. The van der Waals surface area contributed by atoms with E-state index in [1.807, 2.05) is 24.3 Å². The first-order valence-electron chi connectivity index (χ1n) is 14.4. The van der Waals surface area contributed by atoms with E-state index < -0.39 is 12.2 Å². The van der Waals surface area contributed by atoms with E-state index in [1.165, 1.54) is 33.4 Å². The van der Waals surface area contributed by atoms with Crippen molar-refractivity contribution in [3.8, 4) is 33.8 Å². The number of ether oxygens (including phenoxy) is 2. The molecule has 0 spiro atoms. The molecule has 0 aliphatic heterocycles. The largest absolute Gasteiger partial charge is 0.496 e. The molecule has 2 N–H and O–H groups in total. The van der Waals surface area contributed by atoms with E-state index in [2.05, 4.69) is 77.9 Å². The molecule has 4 aromatic carbocycles. The minimum Gasteiger partial charge on any atom is -0.496 e. The lowest BCUT2D eigenvalue weighted by atomic mass is 9.89. The monoisotopic (exact) mass is 552 g/mol. The van der Waals surface area contributed by atoms with Crippen molar-refractivity contribution in [1.82, 2.24) is 0 Å². The molecule has 0 heterocycles. The Hall–Kier alpha value is -3.60. The van der Waals surface area contributed by atoms with E-state index in [0.717, 1.165) is 44.9 Å². The van der Waals surface area contributed by atoms with E-state index in [4.69, 9.17) is 9.47 Å². The fourth-order valence-corrected chi connectivity index (χ4v) is 6.57. The second kappa shape index (κ2) is 12.9. The van der Waals surface area contributed by atoms with Gasteiger partial charge in [0.2, 0.25) is 0 Å². The zero-order valence-corrected chi connectivity index (χ0v) is 25.8. The third-order valence-electron chi connectivity index (χ3n) is 7.95. The molecule has 0 unspecified atom stereocenters. The summed E-state index contributed by atoms with van der Waals surface area (Å²) in [6, 6.07) is 20.9. The molecule has 216 valence electrons. The van der Waals surface area contributed by atoms with Crippen molar-refractivity contribution < 1.29 is 19.7 Å². The normalized spacial score (nSPS) is 12.7. The molecule has 0 aliphatic carbocycles. The van der Waals surface area contributed by atoms with Gasteiger partial charge in [-0.25, -0.2) is 0 Å². The smallest absolute Gasteiger partial charge is 0.129 e. The average molecular weight is 553 g/mol. The molecule has 2 atom stereocenters. The highest BCUT2D eigenvalue weighted by atomic mass is 16.5. The van der Waals surface area contributed by atoms with Crippen molar-refractivity contribution >= 4 is 0 Å². The van der Waals surface area contributed by atoms with Gasteiger partial charge in [-0.05, 0) is 92.5 Å². The zero-order valence-electron chi connectivity index (χ0n) is 25.8. The first kappa shape index (κ1) is 30.4. The lowest BCUT2D eigenvalue weighted by molar-refractivity contribution is 0.0803. The molecule has 41 heavy (non-hydrogen) atoms. The summed E-state index contributed by atoms with van der Waals surface area (Å²) < 4.78 is 11.8. The first-order valence-corrected chi connectivity index (χ1v) is 14.4. The number of aryl methyl sites for hydroxylation is 6. The van der Waals surface area contributed by atoms with Crippen LogP contribution < -0.4 is 9.47 Å². The highest BCUT2D eigenvalue weighted by Crippen LogP contribution is 2.39. The summed E-state index contributed by atoms with van der Waals surface area (Å²) in [5, 5.41) is 22.2. The Balaban J connectivity index is 1.54. The summed E-state index contributed by atoms with van der Waals surface area (Å²) in [6.07, 6.45) is -0.449. The van der Waals surface area contributed by atoms with Crippen LogP contribution in [0, 0.1) is 41.5 Å². The van der Waals surface area contributed by atoms with Crippen LogP contribution in [-0.4, -0.2) is 36.6 Å². The molecular formula is C37H44O4. The van der Waals surface area contributed by atoms with Crippen LogP contribution in [0.5, 0.6) is 11.5 Å². The van der Waals surface area contributed by atoms with Gasteiger partial charge >= 0.3 is 0 Å². The zero-order chi connectivity index (χ0) is 29.8. The number of aliphatic hydroxyl groups is 2. The molecule has 4 rings (SSSR count). The van der Waals surface area contributed by atoms with E-state index in [-0.39, 0.29) is 6.42 Å². The van der Waals surface area contributed by atoms with Gasteiger partial charge in [0.05, 0.1) is 26.4 Å². The number of hydrogen-bond donors (Lipinski definition) is 2. The molecule has 4 nitrogen and oxygen atoms in total. The van der Waals surface area contributed by atoms with Crippen molar-refractivity contribution in [2.75, 3.05) is 14.2 Å². The second-order valence-electron chi connectivity index (χ2n) is 11.5. The molecular weight excluding hydrogens is 508 g/mol. The van der Waals surface area contributed by atoms with Crippen molar-refractivity contribution in [3.05, 3.63) is 105 Å². The standard InChI is InChI=1S/C37H44O4/c1-22-15-24(3)34(25(4)16-22)32-13-9-11-28(36(32)40-7)19-30(38)21-31(39)20-29-12-10-14-33(37(29)41-8)35-26(5)17-23(2)18-27(35)6/h9-18,30-31,38-39H,19-21H2,1-8H3/t30-,31-/m1/s1. The molecule has 0 saturated heterocycles. The van der Waals surface area contributed by atoms with E-state index in [0.29, 0.717) is 12.8 Å². The average Bonchev–Trinajstić information content (AvgIpc) is 2.87.